The fourth-order valence-corrected chi connectivity index (χ4v) is 5.02. The van der Waals surface area contributed by atoms with Crippen LogP contribution in [0.4, 0.5) is 24.8 Å². The van der Waals surface area contributed by atoms with E-state index in [2.05, 4.69) is 25.5 Å². The molecule has 11 nitrogen and oxygen atoms in total. The lowest BCUT2D eigenvalue weighted by molar-refractivity contribution is -0.149. The lowest BCUT2D eigenvalue weighted by atomic mass is 10.0. The Labute approximate surface area is 228 Å². The summed E-state index contributed by atoms with van der Waals surface area (Å²) in [5.41, 5.74) is -1.05. The summed E-state index contributed by atoms with van der Waals surface area (Å²) in [6, 6.07) is 4.77. The van der Waals surface area contributed by atoms with Crippen molar-refractivity contribution in [2.75, 3.05) is 63.1 Å². The second-order valence-corrected chi connectivity index (χ2v) is 10.1. The molecule has 4 heterocycles. The second-order valence-electron chi connectivity index (χ2n) is 10.1. The topological polar surface area (TPSA) is 109 Å². The van der Waals surface area contributed by atoms with Crippen LogP contribution in [0.5, 0.6) is 0 Å². The predicted octanol–water partition coefficient (Wildman–Crippen LogP) is 1.95. The molecule has 0 radical (unpaired) electrons. The van der Waals surface area contributed by atoms with Gasteiger partial charge in [0.25, 0.3) is 17.9 Å². The average molecular weight is 561 g/mol. The Morgan fingerprint density at radius 2 is 1.82 bits per heavy atom. The van der Waals surface area contributed by atoms with Crippen LogP contribution in [0.1, 0.15) is 30.5 Å². The number of amides is 1. The smallest absolute Gasteiger partial charge is 0.295 e. The minimum Gasteiger partial charge on any atom is -0.366 e. The molecular weight excluding hydrogens is 529 g/mol. The number of hydrogen-bond donors (Lipinski definition) is 1. The highest BCUT2D eigenvalue weighted by atomic mass is 19.3. The Balaban J connectivity index is 1.37. The molecule has 214 valence electrons. The van der Waals surface area contributed by atoms with Gasteiger partial charge in [0.15, 0.2) is 17.2 Å². The van der Waals surface area contributed by atoms with Crippen molar-refractivity contribution in [3.8, 4) is 0 Å². The summed E-state index contributed by atoms with van der Waals surface area (Å²) in [6.45, 7) is 5.43. The van der Waals surface area contributed by atoms with Gasteiger partial charge in [-0.15, -0.1) is 10.2 Å². The van der Waals surface area contributed by atoms with E-state index >= 15 is 0 Å². The average Bonchev–Trinajstić information content (AvgIpc) is 2.95. The van der Waals surface area contributed by atoms with E-state index in [4.69, 9.17) is 4.74 Å². The third kappa shape index (κ3) is 5.45. The van der Waals surface area contributed by atoms with Crippen LogP contribution in [0.25, 0.3) is 10.9 Å². The Morgan fingerprint density at radius 3 is 2.52 bits per heavy atom. The van der Waals surface area contributed by atoms with Crippen LogP contribution in [-0.4, -0.2) is 94.7 Å². The Bertz CT molecular complexity index is 1460. The van der Waals surface area contributed by atoms with Crippen LogP contribution in [0.2, 0.25) is 0 Å². The number of morpholine rings is 1. The molecule has 2 saturated heterocycles. The van der Waals surface area contributed by atoms with Crippen molar-refractivity contribution in [3.05, 3.63) is 51.6 Å². The van der Waals surface area contributed by atoms with Crippen LogP contribution >= 0.6 is 0 Å². The minimum atomic E-state index is -2.95. The molecule has 2 aliphatic heterocycles. The number of piperazine rings is 1. The van der Waals surface area contributed by atoms with E-state index in [1.807, 2.05) is 11.9 Å². The number of halogens is 3. The Hall–Kier alpha value is -3.78. The van der Waals surface area contributed by atoms with Gasteiger partial charge < -0.3 is 24.8 Å². The monoisotopic (exact) mass is 560 g/mol. The molecule has 0 aliphatic carbocycles. The zero-order chi connectivity index (χ0) is 28.6. The number of nitrogens with zero attached hydrogens (tertiary/aromatic N) is 7. The Kier molecular flexibility index (Phi) is 7.90. The largest absolute Gasteiger partial charge is 0.366 e. The molecule has 1 N–H and O–H groups in total. The molecule has 0 saturated carbocycles. The molecule has 0 bridgehead atoms. The van der Waals surface area contributed by atoms with Gasteiger partial charge in [0.05, 0.1) is 23.6 Å². The summed E-state index contributed by atoms with van der Waals surface area (Å²) >= 11 is 0. The number of rotatable bonds is 6. The van der Waals surface area contributed by atoms with Gasteiger partial charge in [-0.25, -0.2) is 17.9 Å². The standard InChI is InChI=1S/C26H31F3N8O3/c1-15(16-5-4-6-17(21(16)27)23(28)29)30-24-18-13-20(31-32-22(18)26(39)35(3)33-24)36-7-9-37(10-8-36)25(38)19-14-34(2)11-12-40-19/h4-6,13,15,19,23H,7-12,14H2,1-3H3,(H,30,33)/t15-,19?/m1/s1. The van der Waals surface area contributed by atoms with Crippen LogP contribution < -0.4 is 15.8 Å². The van der Waals surface area contributed by atoms with E-state index in [9.17, 15) is 22.8 Å². The van der Waals surface area contributed by atoms with E-state index < -0.39 is 35.5 Å². The van der Waals surface area contributed by atoms with E-state index in [-0.39, 0.29) is 22.8 Å². The van der Waals surface area contributed by atoms with Gasteiger partial charge in [-0.1, -0.05) is 18.2 Å². The maximum Gasteiger partial charge on any atom is 0.295 e. The quantitative estimate of drug-likeness (QED) is 0.484. The van der Waals surface area contributed by atoms with Crippen LogP contribution in [0.15, 0.2) is 29.1 Å². The Morgan fingerprint density at radius 1 is 1.10 bits per heavy atom. The van der Waals surface area contributed by atoms with Gasteiger partial charge in [-0.3, -0.25) is 9.59 Å². The third-order valence-electron chi connectivity index (χ3n) is 7.36. The van der Waals surface area contributed by atoms with E-state index in [1.54, 1.807) is 17.9 Å². The summed E-state index contributed by atoms with van der Waals surface area (Å²) in [4.78, 5) is 31.5. The van der Waals surface area contributed by atoms with Crippen molar-refractivity contribution in [2.24, 2.45) is 7.05 Å². The zero-order valence-corrected chi connectivity index (χ0v) is 22.5. The molecule has 1 unspecified atom stereocenters. The molecule has 1 aromatic carbocycles. The molecule has 5 rings (SSSR count). The fraction of sp³-hybridized carbons (Fsp3) is 0.500. The number of aromatic nitrogens is 4. The number of hydrogen-bond acceptors (Lipinski definition) is 9. The van der Waals surface area contributed by atoms with E-state index in [0.29, 0.717) is 50.5 Å². The number of carbonyl (C=O) groups is 1. The number of alkyl halides is 2. The first-order valence-electron chi connectivity index (χ1n) is 13.1. The van der Waals surface area contributed by atoms with E-state index in [0.717, 1.165) is 17.3 Å². The van der Waals surface area contributed by atoms with Crippen molar-refractivity contribution in [1.82, 2.24) is 29.8 Å². The fourth-order valence-electron chi connectivity index (χ4n) is 5.02. The van der Waals surface area contributed by atoms with Crippen LogP contribution in [0.3, 0.4) is 0 Å². The number of carbonyl (C=O) groups excluding carboxylic acids is 1. The van der Waals surface area contributed by atoms with Gasteiger partial charge in [0.2, 0.25) is 0 Å². The summed E-state index contributed by atoms with van der Waals surface area (Å²) in [7, 11) is 3.41. The predicted molar refractivity (Wildman–Crippen MR) is 142 cm³/mol. The van der Waals surface area contributed by atoms with Gasteiger partial charge in [0.1, 0.15) is 11.9 Å². The highest BCUT2D eigenvalue weighted by Crippen LogP contribution is 2.30. The normalized spacial score (nSPS) is 19.3. The number of likely N-dealkylation sites (N-methyl/N-ethyl adjacent to an activating group) is 1. The SMILES string of the molecule is C[C@@H](Nc1nn(C)c(=O)c2nnc(N3CCN(C(=O)C4CN(C)CCO4)CC3)cc12)c1cccc(C(F)F)c1F. The first kappa shape index (κ1) is 27.8. The van der Waals surface area contributed by atoms with Crippen LogP contribution in [-0.2, 0) is 16.6 Å². The van der Waals surface area contributed by atoms with Crippen molar-refractivity contribution >= 4 is 28.4 Å². The molecule has 2 aromatic heterocycles. The molecule has 2 aliphatic rings. The highest BCUT2D eigenvalue weighted by Gasteiger charge is 2.31. The lowest BCUT2D eigenvalue weighted by Crippen LogP contribution is -2.55. The van der Waals surface area contributed by atoms with Gasteiger partial charge >= 0.3 is 0 Å². The molecule has 0 spiro atoms. The third-order valence-corrected chi connectivity index (χ3v) is 7.36. The molecule has 2 atom stereocenters. The summed E-state index contributed by atoms with van der Waals surface area (Å²) < 4.78 is 48.1. The first-order valence-corrected chi connectivity index (χ1v) is 13.1. The number of aryl methyl sites for hydroxylation is 1. The molecular formula is C26H31F3N8O3. The zero-order valence-electron chi connectivity index (χ0n) is 22.5. The molecule has 2 fully saturated rings. The number of fused-ring (bicyclic) bond motifs is 1. The number of anilines is 2. The second kappa shape index (κ2) is 11.4. The molecule has 40 heavy (non-hydrogen) atoms. The summed E-state index contributed by atoms with van der Waals surface area (Å²) in [5.74, 6) is -0.309. The molecule has 3 aromatic rings. The van der Waals surface area contributed by atoms with Crippen LogP contribution in [0, 0.1) is 5.82 Å². The van der Waals surface area contributed by atoms with Crippen molar-refractivity contribution < 1.29 is 22.7 Å². The minimum absolute atomic E-state index is 0.0351. The van der Waals surface area contributed by atoms with Crippen molar-refractivity contribution in [3.63, 3.8) is 0 Å². The maximum absolute atomic E-state index is 14.8. The van der Waals surface area contributed by atoms with E-state index in [1.165, 1.54) is 19.2 Å². The van der Waals surface area contributed by atoms with Gasteiger partial charge in [0, 0.05) is 51.9 Å². The maximum atomic E-state index is 14.8. The van der Waals surface area contributed by atoms with Gasteiger partial charge in [-0.05, 0) is 20.0 Å². The van der Waals surface area contributed by atoms with Crippen molar-refractivity contribution in [1.29, 1.82) is 0 Å². The highest BCUT2D eigenvalue weighted by molar-refractivity contribution is 5.90. The lowest BCUT2D eigenvalue weighted by Gasteiger charge is -2.38. The molecule has 14 heteroatoms. The molecule has 1 amide bonds. The summed E-state index contributed by atoms with van der Waals surface area (Å²) in [6.07, 6.45) is -3.43. The first-order chi connectivity index (χ1) is 19.1. The number of ether oxygens (including phenoxy) is 1. The van der Waals surface area contributed by atoms with Gasteiger partial charge in [-0.2, -0.15) is 5.10 Å². The van der Waals surface area contributed by atoms with Crippen molar-refractivity contribution in [2.45, 2.75) is 25.5 Å². The number of benzene rings is 1. The summed E-state index contributed by atoms with van der Waals surface area (Å²) in [5, 5.41) is 16.1. The number of nitrogens with one attached hydrogen (secondary N) is 1.